The number of amides is 1. The smallest absolute Gasteiger partial charge is 0.250 e. The van der Waals surface area contributed by atoms with Gasteiger partial charge in [0.15, 0.2) is 8.68 Å². The molecule has 0 saturated heterocycles. The molecule has 0 unspecified atom stereocenters. The zero-order valence-corrected chi connectivity index (χ0v) is 19.2. The Kier molecular flexibility index (Phi) is 8.38. The van der Waals surface area contributed by atoms with E-state index in [1.54, 1.807) is 24.8 Å². The van der Waals surface area contributed by atoms with Crippen LogP contribution in [0.2, 0.25) is 10.0 Å². The van der Waals surface area contributed by atoms with E-state index in [-0.39, 0.29) is 11.7 Å². The Hall–Kier alpha value is -1.58. The first-order valence-electron chi connectivity index (χ1n) is 8.43. The number of hydrogen-bond acceptors (Lipinski definition) is 7. The molecule has 0 atom stereocenters. The number of nitrogens with one attached hydrogen (secondary N) is 1. The predicted octanol–water partition coefficient (Wildman–Crippen LogP) is 5.77. The summed E-state index contributed by atoms with van der Waals surface area (Å²) in [5, 5.41) is 13.7. The average Bonchev–Trinajstić information content (AvgIpc) is 3.18. The molecular weight excluding hydrogens is 467 g/mol. The number of hydrazone groups is 1. The molecule has 1 amide bonds. The fourth-order valence-corrected chi connectivity index (χ4v) is 5.56. The van der Waals surface area contributed by atoms with Crippen molar-refractivity contribution in [3.8, 4) is 0 Å². The summed E-state index contributed by atoms with van der Waals surface area (Å²) >= 11 is 16.6. The van der Waals surface area contributed by atoms with Crippen molar-refractivity contribution in [1.29, 1.82) is 0 Å². The summed E-state index contributed by atoms with van der Waals surface area (Å²) in [6.07, 6.45) is 0. The maximum Gasteiger partial charge on any atom is 0.250 e. The minimum atomic E-state index is -0.220. The third kappa shape index (κ3) is 6.72. The average molecular weight is 483 g/mol. The van der Waals surface area contributed by atoms with Crippen LogP contribution in [-0.4, -0.2) is 27.6 Å². The van der Waals surface area contributed by atoms with Gasteiger partial charge in [-0.3, -0.25) is 4.79 Å². The highest BCUT2D eigenvalue weighted by atomic mass is 35.5. The molecule has 10 heteroatoms. The first-order valence-corrected chi connectivity index (χ1v) is 12.0. The Morgan fingerprint density at radius 3 is 2.41 bits per heavy atom. The molecule has 1 N–H and O–H groups in total. The van der Waals surface area contributed by atoms with Crippen LogP contribution in [0.4, 0.5) is 0 Å². The van der Waals surface area contributed by atoms with Crippen molar-refractivity contribution in [2.24, 2.45) is 5.10 Å². The molecule has 0 radical (unpaired) electrons. The minimum Gasteiger partial charge on any atom is -0.272 e. The van der Waals surface area contributed by atoms with Crippen LogP contribution in [0.3, 0.4) is 0 Å². The van der Waals surface area contributed by atoms with E-state index in [0.29, 0.717) is 10.7 Å². The van der Waals surface area contributed by atoms with E-state index in [9.17, 15) is 4.79 Å². The predicted molar refractivity (Wildman–Crippen MR) is 123 cm³/mol. The molecule has 3 rings (SSSR count). The van der Waals surface area contributed by atoms with Gasteiger partial charge in [0, 0.05) is 21.4 Å². The van der Waals surface area contributed by atoms with E-state index in [1.807, 2.05) is 42.5 Å². The zero-order valence-electron chi connectivity index (χ0n) is 15.3. The van der Waals surface area contributed by atoms with Crippen LogP contribution in [0, 0.1) is 0 Å². The lowest BCUT2D eigenvalue weighted by molar-refractivity contribution is -0.118. The van der Waals surface area contributed by atoms with E-state index >= 15 is 0 Å². The van der Waals surface area contributed by atoms with Crippen LogP contribution >= 0.6 is 58.1 Å². The quantitative estimate of drug-likeness (QED) is 0.250. The Bertz CT molecular complexity index is 1030. The topological polar surface area (TPSA) is 67.2 Å². The Labute approximate surface area is 191 Å². The molecular formula is C19H16Cl2N4OS3. The van der Waals surface area contributed by atoms with Crippen LogP contribution in [-0.2, 0) is 10.5 Å². The van der Waals surface area contributed by atoms with Crippen LogP contribution < -0.4 is 5.43 Å². The highest BCUT2D eigenvalue weighted by Gasteiger charge is 2.10. The largest absolute Gasteiger partial charge is 0.272 e. The molecule has 1 heterocycles. The van der Waals surface area contributed by atoms with E-state index in [4.69, 9.17) is 23.2 Å². The van der Waals surface area contributed by atoms with Gasteiger partial charge in [-0.25, -0.2) is 5.43 Å². The summed E-state index contributed by atoms with van der Waals surface area (Å²) in [5.74, 6) is 0.695. The van der Waals surface area contributed by atoms with Crippen LogP contribution in [0.1, 0.15) is 18.1 Å². The number of rotatable bonds is 8. The lowest BCUT2D eigenvalue weighted by Crippen LogP contribution is -2.21. The van der Waals surface area contributed by atoms with Gasteiger partial charge in [0.2, 0.25) is 0 Å². The van der Waals surface area contributed by atoms with Gasteiger partial charge in [-0.15, -0.1) is 10.2 Å². The molecule has 2 aromatic carbocycles. The highest BCUT2D eigenvalue weighted by molar-refractivity contribution is 8.03. The molecule has 0 aliphatic rings. The summed E-state index contributed by atoms with van der Waals surface area (Å²) in [4.78, 5) is 12.1. The first-order chi connectivity index (χ1) is 14.0. The first kappa shape index (κ1) is 22.1. The second-order valence-corrected chi connectivity index (χ2v) is 9.95. The van der Waals surface area contributed by atoms with E-state index < -0.39 is 0 Å². The van der Waals surface area contributed by atoms with Crippen molar-refractivity contribution in [2.75, 3.05) is 5.75 Å². The molecule has 0 bridgehead atoms. The normalized spacial score (nSPS) is 11.5. The van der Waals surface area contributed by atoms with Crippen molar-refractivity contribution in [3.63, 3.8) is 0 Å². The maximum absolute atomic E-state index is 12.1. The van der Waals surface area contributed by atoms with Gasteiger partial charge in [0.05, 0.1) is 11.5 Å². The number of carbonyl (C=O) groups is 1. The van der Waals surface area contributed by atoms with Crippen molar-refractivity contribution in [3.05, 3.63) is 69.7 Å². The molecule has 0 aliphatic carbocycles. The molecule has 150 valence electrons. The third-order valence-corrected chi connectivity index (χ3v) is 7.57. The number of aromatic nitrogens is 2. The SMILES string of the molecule is CC(=NNC(=O)CSc1nnc(SCc2ccccc2Cl)s1)c1ccccc1Cl. The molecule has 5 nitrogen and oxygen atoms in total. The maximum atomic E-state index is 12.1. The highest BCUT2D eigenvalue weighted by Crippen LogP contribution is 2.32. The summed E-state index contributed by atoms with van der Waals surface area (Å²) in [5.41, 5.74) is 5.02. The minimum absolute atomic E-state index is 0.198. The standard InChI is InChI=1S/C19H16Cl2N4OS3/c1-12(14-7-3-5-9-16(14)21)22-23-17(26)11-28-19-25-24-18(29-19)27-10-13-6-2-4-8-15(13)20/h2-9H,10-11H2,1H3,(H,23,26). The lowest BCUT2D eigenvalue weighted by Gasteiger charge is -2.04. The van der Waals surface area contributed by atoms with Gasteiger partial charge >= 0.3 is 0 Å². The molecule has 0 aliphatic heterocycles. The van der Waals surface area contributed by atoms with Crippen molar-refractivity contribution >= 4 is 69.7 Å². The molecule has 0 spiro atoms. The second-order valence-electron chi connectivity index (χ2n) is 5.71. The summed E-state index contributed by atoms with van der Waals surface area (Å²) in [7, 11) is 0. The van der Waals surface area contributed by atoms with Crippen LogP contribution in [0.15, 0.2) is 62.3 Å². The van der Waals surface area contributed by atoms with Crippen LogP contribution in [0.25, 0.3) is 0 Å². The molecule has 1 aromatic heterocycles. The molecule has 3 aromatic rings. The third-order valence-electron chi connectivity index (χ3n) is 3.64. The number of hydrogen-bond donors (Lipinski definition) is 1. The summed E-state index contributed by atoms with van der Waals surface area (Å²) < 4.78 is 1.56. The Morgan fingerprint density at radius 2 is 1.69 bits per heavy atom. The zero-order chi connectivity index (χ0) is 20.6. The van der Waals surface area contributed by atoms with Gasteiger partial charge in [-0.05, 0) is 24.6 Å². The summed E-state index contributed by atoms with van der Waals surface area (Å²) in [6, 6.07) is 15.1. The summed E-state index contributed by atoms with van der Waals surface area (Å²) in [6.45, 7) is 1.79. The number of carbonyl (C=O) groups excluding carboxylic acids is 1. The Balaban J connectivity index is 1.47. The van der Waals surface area contributed by atoms with E-state index in [0.717, 1.165) is 30.6 Å². The van der Waals surface area contributed by atoms with E-state index in [1.165, 1.54) is 23.1 Å². The van der Waals surface area contributed by atoms with Gasteiger partial charge in [0.25, 0.3) is 5.91 Å². The second kappa shape index (κ2) is 11.0. The van der Waals surface area contributed by atoms with Gasteiger partial charge < -0.3 is 0 Å². The fourth-order valence-electron chi connectivity index (χ4n) is 2.19. The van der Waals surface area contributed by atoms with Gasteiger partial charge in [-0.1, -0.05) is 94.5 Å². The van der Waals surface area contributed by atoms with Gasteiger partial charge in [-0.2, -0.15) is 5.10 Å². The monoisotopic (exact) mass is 482 g/mol. The van der Waals surface area contributed by atoms with Crippen LogP contribution in [0.5, 0.6) is 0 Å². The van der Waals surface area contributed by atoms with Gasteiger partial charge in [0.1, 0.15) is 0 Å². The van der Waals surface area contributed by atoms with Crippen molar-refractivity contribution in [1.82, 2.24) is 15.6 Å². The number of thioether (sulfide) groups is 2. The number of nitrogens with zero attached hydrogens (tertiary/aromatic N) is 3. The lowest BCUT2D eigenvalue weighted by atomic mass is 10.1. The number of halogens is 2. The number of benzene rings is 2. The van der Waals surface area contributed by atoms with E-state index in [2.05, 4.69) is 20.7 Å². The Morgan fingerprint density at radius 1 is 1.03 bits per heavy atom. The molecule has 0 saturated carbocycles. The fraction of sp³-hybridized carbons (Fsp3) is 0.158. The molecule has 0 fully saturated rings. The molecule has 29 heavy (non-hydrogen) atoms. The van der Waals surface area contributed by atoms with Crippen molar-refractivity contribution in [2.45, 2.75) is 21.4 Å². The van der Waals surface area contributed by atoms with Crippen molar-refractivity contribution < 1.29 is 4.79 Å².